The quantitative estimate of drug-likeness (QED) is 0.713. The van der Waals surface area contributed by atoms with E-state index in [4.69, 9.17) is 0 Å². The number of rotatable bonds is 2. The van der Waals surface area contributed by atoms with Crippen LogP contribution in [-0.2, 0) is 0 Å². The number of fused-ring (bicyclic) bond motifs is 1. The van der Waals surface area contributed by atoms with Crippen LogP contribution in [0.25, 0.3) is 0 Å². The van der Waals surface area contributed by atoms with Crippen LogP contribution in [0.2, 0.25) is 0 Å². The Hall–Kier alpha value is -0.0400. The van der Waals surface area contributed by atoms with Crippen molar-refractivity contribution in [3.8, 4) is 0 Å². The van der Waals surface area contributed by atoms with Gasteiger partial charge in [-0.1, -0.05) is 26.7 Å². The fourth-order valence-corrected chi connectivity index (χ4v) is 3.60. The maximum Gasteiger partial charge on any atom is 0.00980 e. The summed E-state index contributed by atoms with van der Waals surface area (Å²) in [6, 6.07) is 0.872. The lowest BCUT2D eigenvalue weighted by atomic mass is 9.67. The molecule has 1 aliphatic carbocycles. The highest BCUT2D eigenvalue weighted by Gasteiger charge is 2.36. The zero-order valence-corrected chi connectivity index (χ0v) is 9.76. The van der Waals surface area contributed by atoms with Crippen molar-refractivity contribution >= 4 is 0 Å². The van der Waals surface area contributed by atoms with Crippen LogP contribution in [0.3, 0.4) is 0 Å². The summed E-state index contributed by atoms with van der Waals surface area (Å²) >= 11 is 0. The van der Waals surface area contributed by atoms with Gasteiger partial charge in [0, 0.05) is 6.04 Å². The normalized spacial score (nSPS) is 40.3. The molecular weight excluding hydrogens is 170 g/mol. The molecule has 1 nitrogen and oxygen atoms in total. The maximum absolute atomic E-state index is 3.73. The predicted molar refractivity (Wildman–Crippen MR) is 61.3 cm³/mol. The summed E-state index contributed by atoms with van der Waals surface area (Å²) in [6.45, 7) is 6.08. The van der Waals surface area contributed by atoms with Gasteiger partial charge in [-0.05, 0) is 50.0 Å². The Morgan fingerprint density at radius 3 is 2.86 bits per heavy atom. The van der Waals surface area contributed by atoms with E-state index >= 15 is 0 Å². The first-order chi connectivity index (χ1) is 6.83. The standard InChI is InChI=1S/C13H25N/c1-3-10(2)11-6-4-8-13-12(11)7-5-9-14-13/h10-14H,3-9H2,1-2H3. The Morgan fingerprint density at radius 1 is 1.21 bits per heavy atom. The lowest BCUT2D eigenvalue weighted by Crippen LogP contribution is -2.48. The second-order valence-electron chi connectivity index (χ2n) is 5.35. The number of piperidine rings is 1. The van der Waals surface area contributed by atoms with Crippen LogP contribution in [0.4, 0.5) is 0 Å². The average molecular weight is 195 g/mol. The molecule has 1 saturated carbocycles. The van der Waals surface area contributed by atoms with Gasteiger partial charge in [-0.2, -0.15) is 0 Å². The molecule has 0 bridgehead atoms. The van der Waals surface area contributed by atoms with Crippen molar-refractivity contribution in [2.75, 3.05) is 6.54 Å². The van der Waals surface area contributed by atoms with E-state index in [1.54, 1.807) is 0 Å². The molecule has 0 aromatic carbocycles. The van der Waals surface area contributed by atoms with Crippen LogP contribution in [0, 0.1) is 17.8 Å². The first-order valence-corrected chi connectivity index (χ1v) is 6.56. The summed E-state index contributed by atoms with van der Waals surface area (Å²) < 4.78 is 0. The van der Waals surface area contributed by atoms with Gasteiger partial charge in [0.15, 0.2) is 0 Å². The van der Waals surface area contributed by atoms with E-state index in [9.17, 15) is 0 Å². The van der Waals surface area contributed by atoms with Gasteiger partial charge in [0.05, 0.1) is 0 Å². The molecular formula is C13H25N. The molecule has 2 fully saturated rings. The summed E-state index contributed by atoms with van der Waals surface area (Å²) in [5.74, 6) is 2.97. The highest BCUT2D eigenvalue weighted by Crippen LogP contribution is 2.40. The summed E-state index contributed by atoms with van der Waals surface area (Å²) in [4.78, 5) is 0. The summed E-state index contributed by atoms with van der Waals surface area (Å²) in [5, 5.41) is 3.73. The molecule has 1 saturated heterocycles. The van der Waals surface area contributed by atoms with Gasteiger partial charge in [-0.3, -0.25) is 0 Å². The molecule has 0 spiro atoms. The van der Waals surface area contributed by atoms with Crippen LogP contribution < -0.4 is 5.32 Å². The second-order valence-corrected chi connectivity index (χ2v) is 5.35. The van der Waals surface area contributed by atoms with Gasteiger partial charge < -0.3 is 5.32 Å². The van der Waals surface area contributed by atoms with E-state index < -0.39 is 0 Å². The second kappa shape index (κ2) is 4.65. The molecule has 0 aromatic heterocycles. The highest BCUT2D eigenvalue weighted by atomic mass is 14.9. The van der Waals surface area contributed by atoms with Crippen LogP contribution in [0.15, 0.2) is 0 Å². The molecule has 14 heavy (non-hydrogen) atoms. The Labute approximate surface area is 88.7 Å². The van der Waals surface area contributed by atoms with E-state index in [1.165, 1.54) is 45.1 Å². The van der Waals surface area contributed by atoms with Gasteiger partial charge in [0.25, 0.3) is 0 Å². The first-order valence-electron chi connectivity index (χ1n) is 6.56. The van der Waals surface area contributed by atoms with Crippen LogP contribution in [-0.4, -0.2) is 12.6 Å². The first kappa shape index (κ1) is 10.5. The smallest absolute Gasteiger partial charge is 0.00980 e. The molecule has 1 N–H and O–H groups in total. The average Bonchev–Trinajstić information content (AvgIpc) is 2.27. The number of hydrogen-bond donors (Lipinski definition) is 1. The van der Waals surface area contributed by atoms with Crippen molar-refractivity contribution in [3.05, 3.63) is 0 Å². The third-order valence-electron chi connectivity index (χ3n) is 4.61. The lowest BCUT2D eigenvalue weighted by molar-refractivity contribution is 0.0970. The van der Waals surface area contributed by atoms with E-state index in [0.29, 0.717) is 0 Å². The molecule has 82 valence electrons. The predicted octanol–water partition coefficient (Wildman–Crippen LogP) is 3.20. The fraction of sp³-hybridized carbons (Fsp3) is 1.00. The molecule has 0 radical (unpaired) electrons. The molecule has 4 unspecified atom stereocenters. The van der Waals surface area contributed by atoms with Gasteiger partial charge >= 0.3 is 0 Å². The van der Waals surface area contributed by atoms with E-state index in [2.05, 4.69) is 19.2 Å². The molecule has 0 aromatic rings. The maximum atomic E-state index is 3.73. The Balaban J connectivity index is 2.01. The van der Waals surface area contributed by atoms with Crippen molar-refractivity contribution in [2.24, 2.45) is 17.8 Å². The summed E-state index contributed by atoms with van der Waals surface area (Å²) in [5.41, 5.74) is 0. The Bertz CT molecular complexity index is 174. The molecule has 1 heterocycles. The third-order valence-corrected chi connectivity index (χ3v) is 4.61. The largest absolute Gasteiger partial charge is 0.314 e. The van der Waals surface area contributed by atoms with Crippen molar-refractivity contribution in [1.29, 1.82) is 0 Å². The fourth-order valence-electron chi connectivity index (χ4n) is 3.60. The monoisotopic (exact) mass is 195 g/mol. The number of nitrogens with one attached hydrogen (secondary N) is 1. The summed E-state index contributed by atoms with van der Waals surface area (Å²) in [7, 11) is 0. The van der Waals surface area contributed by atoms with Crippen LogP contribution >= 0.6 is 0 Å². The minimum Gasteiger partial charge on any atom is -0.314 e. The Morgan fingerprint density at radius 2 is 2.07 bits per heavy atom. The van der Waals surface area contributed by atoms with Crippen LogP contribution in [0.1, 0.15) is 52.4 Å². The van der Waals surface area contributed by atoms with Crippen molar-refractivity contribution in [3.63, 3.8) is 0 Å². The zero-order valence-electron chi connectivity index (χ0n) is 9.76. The minimum atomic E-state index is 0.872. The number of hydrogen-bond acceptors (Lipinski definition) is 1. The van der Waals surface area contributed by atoms with Crippen molar-refractivity contribution < 1.29 is 0 Å². The van der Waals surface area contributed by atoms with E-state index in [1.807, 2.05) is 0 Å². The van der Waals surface area contributed by atoms with Crippen molar-refractivity contribution in [2.45, 2.75) is 58.4 Å². The summed E-state index contributed by atoms with van der Waals surface area (Å²) in [6.07, 6.45) is 8.67. The van der Waals surface area contributed by atoms with E-state index in [-0.39, 0.29) is 0 Å². The van der Waals surface area contributed by atoms with Crippen LogP contribution in [0.5, 0.6) is 0 Å². The molecule has 1 aliphatic heterocycles. The van der Waals surface area contributed by atoms with Crippen molar-refractivity contribution in [1.82, 2.24) is 5.32 Å². The molecule has 4 atom stereocenters. The third kappa shape index (κ3) is 1.98. The molecule has 0 amide bonds. The molecule has 2 aliphatic rings. The minimum absolute atomic E-state index is 0.872. The molecule has 1 heteroatoms. The van der Waals surface area contributed by atoms with Gasteiger partial charge in [0.2, 0.25) is 0 Å². The molecule has 2 rings (SSSR count). The SMILES string of the molecule is CCC(C)C1CCCC2NCCCC21. The highest BCUT2D eigenvalue weighted by molar-refractivity contribution is 4.90. The van der Waals surface area contributed by atoms with Gasteiger partial charge in [-0.25, -0.2) is 0 Å². The lowest BCUT2D eigenvalue weighted by Gasteiger charge is -2.44. The van der Waals surface area contributed by atoms with Gasteiger partial charge in [0.1, 0.15) is 0 Å². The zero-order chi connectivity index (χ0) is 9.97. The van der Waals surface area contributed by atoms with Gasteiger partial charge in [-0.15, -0.1) is 0 Å². The van der Waals surface area contributed by atoms with E-state index in [0.717, 1.165) is 23.8 Å². The topological polar surface area (TPSA) is 12.0 Å². The Kier molecular flexibility index (Phi) is 3.48.